The summed E-state index contributed by atoms with van der Waals surface area (Å²) in [6.45, 7) is 2.09. The molecular formula is C20H23ClN2O3S. The molecule has 0 saturated carbocycles. The summed E-state index contributed by atoms with van der Waals surface area (Å²) in [7, 11) is -3.18. The molecule has 3 rings (SSSR count). The summed E-state index contributed by atoms with van der Waals surface area (Å²) in [5.41, 5.74) is 3.27. The molecule has 2 aromatic rings. The fraction of sp³-hybridized carbons (Fsp3) is 0.350. The maximum absolute atomic E-state index is 12.3. The molecule has 0 aromatic heterocycles. The summed E-state index contributed by atoms with van der Waals surface area (Å²) >= 11 is 6.06. The molecule has 27 heavy (non-hydrogen) atoms. The van der Waals surface area contributed by atoms with Gasteiger partial charge in [0.15, 0.2) is 9.84 Å². The highest BCUT2D eigenvalue weighted by Crippen LogP contribution is 2.22. The maximum Gasteiger partial charge on any atom is 0.234 e. The van der Waals surface area contributed by atoms with Gasteiger partial charge in [0.1, 0.15) is 0 Å². The highest BCUT2D eigenvalue weighted by atomic mass is 35.5. The van der Waals surface area contributed by atoms with Gasteiger partial charge in [0.2, 0.25) is 5.91 Å². The van der Waals surface area contributed by atoms with Gasteiger partial charge in [-0.3, -0.25) is 10.1 Å². The Balaban J connectivity index is 1.68. The van der Waals surface area contributed by atoms with E-state index in [4.69, 9.17) is 11.6 Å². The van der Waals surface area contributed by atoms with Gasteiger partial charge in [0.25, 0.3) is 0 Å². The van der Waals surface area contributed by atoms with E-state index >= 15 is 0 Å². The average Bonchev–Trinajstić information content (AvgIpc) is 2.89. The molecule has 0 radical (unpaired) electrons. The zero-order valence-corrected chi connectivity index (χ0v) is 16.6. The van der Waals surface area contributed by atoms with E-state index in [1.165, 1.54) is 5.56 Å². The Morgan fingerprint density at radius 2 is 1.70 bits per heavy atom. The first kappa shape index (κ1) is 19.9. The van der Waals surface area contributed by atoms with Crippen molar-refractivity contribution in [3.63, 3.8) is 0 Å². The van der Waals surface area contributed by atoms with E-state index in [2.05, 4.69) is 10.6 Å². The Morgan fingerprint density at radius 3 is 2.30 bits per heavy atom. The normalized spacial score (nSPS) is 22.3. The molecular weight excluding hydrogens is 384 g/mol. The number of benzene rings is 2. The Labute approximate surface area is 165 Å². The molecule has 1 saturated heterocycles. The molecule has 1 aliphatic rings. The van der Waals surface area contributed by atoms with Crippen molar-refractivity contribution in [2.45, 2.75) is 24.4 Å². The zero-order valence-electron chi connectivity index (χ0n) is 15.1. The van der Waals surface area contributed by atoms with Crippen molar-refractivity contribution < 1.29 is 13.2 Å². The molecule has 1 amide bonds. The van der Waals surface area contributed by atoms with Crippen molar-refractivity contribution in [2.24, 2.45) is 0 Å². The van der Waals surface area contributed by atoms with E-state index < -0.39 is 21.3 Å². The van der Waals surface area contributed by atoms with Crippen molar-refractivity contribution in [3.05, 3.63) is 71.3 Å². The van der Waals surface area contributed by atoms with E-state index in [1.54, 1.807) is 0 Å². The number of hydrogen-bond donors (Lipinski definition) is 2. The van der Waals surface area contributed by atoms with Crippen LogP contribution in [-0.4, -0.2) is 43.8 Å². The number of hydrogen-bond acceptors (Lipinski definition) is 4. The van der Waals surface area contributed by atoms with E-state index in [1.807, 2.05) is 61.5 Å². The van der Waals surface area contributed by atoms with Crippen molar-refractivity contribution >= 4 is 27.3 Å². The molecule has 0 aliphatic carbocycles. The summed E-state index contributed by atoms with van der Waals surface area (Å²) in [5.74, 6) is -0.466. The molecule has 0 spiro atoms. The monoisotopic (exact) mass is 406 g/mol. The highest BCUT2D eigenvalue weighted by molar-refractivity contribution is 7.91. The van der Waals surface area contributed by atoms with Crippen molar-refractivity contribution in [1.29, 1.82) is 0 Å². The van der Waals surface area contributed by atoms with Gasteiger partial charge >= 0.3 is 0 Å². The molecule has 0 unspecified atom stereocenters. The summed E-state index contributed by atoms with van der Waals surface area (Å²) < 4.78 is 23.3. The van der Waals surface area contributed by atoms with Crippen molar-refractivity contribution in [2.75, 3.05) is 18.1 Å². The summed E-state index contributed by atoms with van der Waals surface area (Å²) in [5, 5.41) is 5.43. The van der Waals surface area contributed by atoms with E-state index in [0.717, 1.165) is 11.1 Å². The standard InChI is InChI=1S/C20H23ClN2O3S/c1-14-7-9-16(10-8-14)20(15-5-3-2-4-6-15)22-11-19(24)23-18-13-27(25,26)12-17(18)21/h2-10,17-18,20,22H,11-13H2,1H3,(H,23,24)/t17-,18+,20-/m0/s1. The minimum Gasteiger partial charge on any atom is -0.350 e. The van der Waals surface area contributed by atoms with Gasteiger partial charge in [-0.1, -0.05) is 60.2 Å². The topological polar surface area (TPSA) is 75.3 Å². The molecule has 1 heterocycles. The number of halogens is 1. The first-order valence-electron chi connectivity index (χ1n) is 8.83. The molecule has 2 N–H and O–H groups in total. The fourth-order valence-corrected chi connectivity index (χ4v) is 5.77. The quantitative estimate of drug-likeness (QED) is 0.721. The van der Waals surface area contributed by atoms with Gasteiger partial charge in [0, 0.05) is 0 Å². The predicted octanol–water partition coefficient (Wildman–Crippen LogP) is 2.19. The Morgan fingerprint density at radius 1 is 1.07 bits per heavy atom. The number of carbonyl (C=O) groups is 1. The van der Waals surface area contributed by atoms with Gasteiger partial charge in [-0.15, -0.1) is 11.6 Å². The third-order valence-corrected chi connectivity index (χ3v) is 7.02. The lowest BCUT2D eigenvalue weighted by Gasteiger charge is -2.21. The number of alkyl halides is 1. The van der Waals surface area contributed by atoms with Gasteiger partial charge in [-0.2, -0.15) is 0 Å². The van der Waals surface area contributed by atoms with Gasteiger partial charge in [0.05, 0.1) is 35.5 Å². The molecule has 0 bridgehead atoms. The molecule has 1 fully saturated rings. The second kappa shape index (κ2) is 8.42. The van der Waals surface area contributed by atoms with Crippen LogP contribution in [-0.2, 0) is 14.6 Å². The lowest BCUT2D eigenvalue weighted by atomic mass is 9.98. The van der Waals surface area contributed by atoms with Crippen LogP contribution in [0.15, 0.2) is 54.6 Å². The first-order valence-corrected chi connectivity index (χ1v) is 11.1. The zero-order chi connectivity index (χ0) is 19.4. The van der Waals surface area contributed by atoms with E-state index in [0.29, 0.717) is 0 Å². The molecule has 2 aromatic carbocycles. The SMILES string of the molecule is Cc1ccc([C@@H](NCC(=O)N[C@@H]2CS(=O)(=O)C[C@@H]2Cl)c2ccccc2)cc1. The second-order valence-electron chi connectivity index (χ2n) is 6.90. The van der Waals surface area contributed by atoms with Crippen LogP contribution in [0, 0.1) is 6.92 Å². The largest absolute Gasteiger partial charge is 0.350 e. The number of rotatable bonds is 6. The Kier molecular flexibility index (Phi) is 6.19. The molecule has 7 heteroatoms. The smallest absolute Gasteiger partial charge is 0.234 e. The first-order chi connectivity index (χ1) is 12.8. The van der Waals surface area contributed by atoms with E-state index in [9.17, 15) is 13.2 Å². The third kappa shape index (κ3) is 5.31. The molecule has 1 aliphatic heterocycles. The Hall–Kier alpha value is -1.89. The summed E-state index contributed by atoms with van der Waals surface area (Å²) in [4.78, 5) is 12.3. The third-order valence-electron chi connectivity index (χ3n) is 4.64. The number of carbonyl (C=O) groups excluding carboxylic acids is 1. The number of sulfone groups is 1. The number of amides is 1. The number of aryl methyl sites for hydroxylation is 1. The lowest BCUT2D eigenvalue weighted by molar-refractivity contribution is -0.120. The van der Waals surface area contributed by atoms with Crippen LogP contribution in [0.4, 0.5) is 0 Å². The van der Waals surface area contributed by atoms with Crippen LogP contribution in [0.2, 0.25) is 0 Å². The number of nitrogens with one attached hydrogen (secondary N) is 2. The highest BCUT2D eigenvalue weighted by Gasteiger charge is 2.37. The van der Waals surface area contributed by atoms with E-state index in [-0.39, 0.29) is 30.0 Å². The van der Waals surface area contributed by atoms with Crippen LogP contribution in [0.5, 0.6) is 0 Å². The minimum absolute atomic E-state index is 0.0631. The van der Waals surface area contributed by atoms with Crippen LogP contribution in [0.25, 0.3) is 0 Å². The lowest BCUT2D eigenvalue weighted by Crippen LogP contribution is -2.45. The van der Waals surface area contributed by atoms with Crippen LogP contribution < -0.4 is 10.6 Å². The van der Waals surface area contributed by atoms with Gasteiger partial charge in [-0.05, 0) is 18.1 Å². The summed E-state index contributed by atoms with van der Waals surface area (Å²) in [6.07, 6.45) is 0. The molecule has 5 nitrogen and oxygen atoms in total. The van der Waals surface area contributed by atoms with Crippen LogP contribution >= 0.6 is 11.6 Å². The van der Waals surface area contributed by atoms with Gasteiger partial charge < -0.3 is 5.32 Å². The van der Waals surface area contributed by atoms with Crippen LogP contribution in [0.1, 0.15) is 22.7 Å². The maximum atomic E-state index is 12.3. The molecule has 144 valence electrons. The minimum atomic E-state index is -3.18. The van der Waals surface area contributed by atoms with Crippen molar-refractivity contribution in [1.82, 2.24) is 10.6 Å². The summed E-state index contributed by atoms with van der Waals surface area (Å²) in [6, 6.07) is 17.3. The van der Waals surface area contributed by atoms with Crippen LogP contribution in [0.3, 0.4) is 0 Å². The Bertz CT molecular complexity index is 885. The van der Waals surface area contributed by atoms with Gasteiger partial charge in [-0.25, -0.2) is 8.42 Å². The predicted molar refractivity (Wildman–Crippen MR) is 108 cm³/mol. The second-order valence-corrected chi connectivity index (χ2v) is 9.62. The average molecular weight is 407 g/mol. The fourth-order valence-electron chi connectivity index (χ4n) is 3.22. The van der Waals surface area contributed by atoms with Crippen molar-refractivity contribution in [3.8, 4) is 0 Å². The molecule has 3 atom stereocenters.